The average Bonchev–Trinajstić information content (AvgIpc) is 2.89. The number of nitrogens with one attached hydrogen (secondary N) is 1. The molecule has 1 aliphatic heterocycles. The first kappa shape index (κ1) is 16.8. The monoisotopic (exact) mass is 316 g/mol. The molecule has 0 saturated carbocycles. The lowest BCUT2D eigenvalue weighted by Gasteiger charge is -2.19. The molecule has 2 atom stereocenters. The molecule has 1 aromatic rings. The van der Waals surface area contributed by atoms with Gasteiger partial charge in [0.05, 0.1) is 11.5 Å². The fraction of sp³-hybridized carbons (Fsp3) is 0.533. The molecule has 2 rings (SSSR count). The summed E-state index contributed by atoms with van der Waals surface area (Å²) in [6.07, 6.45) is -4.40. The molecule has 2 N–H and O–H groups in total. The Balaban J connectivity index is 2.14. The lowest BCUT2D eigenvalue weighted by Crippen LogP contribution is -2.33. The van der Waals surface area contributed by atoms with Gasteiger partial charge in [0.15, 0.2) is 0 Å². The number of halogens is 3. The van der Waals surface area contributed by atoms with Crippen LogP contribution >= 0.6 is 0 Å². The number of nitrogens with zero attached hydrogens (tertiary/aromatic N) is 1. The summed E-state index contributed by atoms with van der Waals surface area (Å²) >= 11 is 0. The summed E-state index contributed by atoms with van der Waals surface area (Å²) in [6.45, 7) is 0.701. The predicted octanol–water partition coefficient (Wildman–Crippen LogP) is 1.49. The molecule has 1 aromatic carbocycles. The van der Waals surface area contributed by atoms with Crippen molar-refractivity contribution in [2.75, 3.05) is 26.7 Å². The van der Waals surface area contributed by atoms with Gasteiger partial charge in [-0.15, -0.1) is 0 Å². The van der Waals surface area contributed by atoms with E-state index in [9.17, 15) is 23.1 Å². The number of carbonyl (C=O) groups excluding carboxylic acids is 1. The maximum Gasteiger partial charge on any atom is 0.416 e. The lowest BCUT2D eigenvalue weighted by atomic mass is 9.96. The van der Waals surface area contributed by atoms with Gasteiger partial charge in [-0.05, 0) is 11.6 Å². The molecule has 0 aromatic heterocycles. The molecule has 1 amide bonds. The van der Waals surface area contributed by atoms with Crippen LogP contribution in [0.25, 0.3) is 0 Å². The summed E-state index contributed by atoms with van der Waals surface area (Å²) < 4.78 is 39.0. The van der Waals surface area contributed by atoms with Crippen molar-refractivity contribution in [2.24, 2.45) is 11.8 Å². The standard InChI is InChI=1S/C15H19F3N2O2/c1-19-14(22)12-8-20(7-11(12)9-21)6-10-4-2-3-5-13(10)15(16,17)18/h2-5,11-12,21H,6-9H2,1H3,(H,19,22)/t11-,12+/m0/s1. The Morgan fingerprint density at radius 1 is 1.36 bits per heavy atom. The van der Waals surface area contributed by atoms with E-state index >= 15 is 0 Å². The second kappa shape index (κ2) is 6.66. The maximum absolute atomic E-state index is 13.0. The van der Waals surface area contributed by atoms with Gasteiger partial charge in [0.25, 0.3) is 0 Å². The molecule has 22 heavy (non-hydrogen) atoms. The summed E-state index contributed by atoms with van der Waals surface area (Å²) in [5.41, 5.74) is -0.469. The van der Waals surface area contributed by atoms with Crippen LogP contribution in [-0.2, 0) is 17.5 Å². The Labute approximate surface area is 126 Å². The fourth-order valence-electron chi connectivity index (χ4n) is 2.93. The zero-order valence-electron chi connectivity index (χ0n) is 12.2. The zero-order valence-corrected chi connectivity index (χ0v) is 12.2. The fourth-order valence-corrected chi connectivity index (χ4v) is 2.93. The second-order valence-electron chi connectivity index (χ2n) is 5.51. The number of hydrogen-bond donors (Lipinski definition) is 2. The first-order valence-corrected chi connectivity index (χ1v) is 7.06. The molecular weight excluding hydrogens is 297 g/mol. The minimum Gasteiger partial charge on any atom is -0.396 e. The molecule has 122 valence electrons. The third-order valence-electron chi connectivity index (χ3n) is 4.05. The minimum absolute atomic E-state index is 0.111. The van der Waals surface area contributed by atoms with E-state index < -0.39 is 17.7 Å². The van der Waals surface area contributed by atoms with Crippen LogP contribution in [0.1, 0.15) is 11.1 Å². The first-order chi connectivity index (χ1) is 10.4. The highest BCUT2D eigenvalue weighted by Crippen LogP contribution is 2.33. The van der Waals surface area contributed by atoms with Gasteiger partial charge in [0.2, 0.25) is 5.91 Å². The van der Waals surface area contributed by atoms with Gasteiger partial charge in [-0.1, -0.05) is 18.2 Å². The average molecular weight is 316 g/mol. The molecule has 1 fully saturated rings. The van der Waals surface area contributed by atoms with Crippen molar-refractivity contribution in [2.45, 2.75) is 12.7 Å². The molecule has 0 radical (unpaired) electrons. The van der Waals surface area contributed by atoms with Crippen molar-refractivity contribution in [3.63, 3.8) is 0 Å². The van der Waals surface area contributed by atoms with E-state index in [-0.39, 0.29) is 30.5 Å². The van der Waals surface area contributed by atoms with Crippen LogP contribution in [-0.4, -0.2) is 42.7 Å². The molecule has 1 aliphatic rings. The van der Waals surface area contributed by atoms with E-state index in [1.807, 2.05) is 0 Å². The Bertz CT molecular complexity index is 534. The van der Waals surface area contributed by atoms with Gasteiger partial charge in [0.1, 0.15) is 0 Å². The van der Waals surface area contributed by atoms with Crippen molar-refractivity contribution in [1.29, 1.82) is 0 Å². The van der Waals surface area contributed by atoms with Gasteiger partial charge in [-0.25, -0.2) is 0 Å². The molecular formula is C15H19F3N2O2. The number of amides is 1. The Kier molecular flexibility index (Phi) is 5.08. The van der Waals surface area contributed by atoms with E-state index in [1.165, 1.54) is 19.2 Å². The molecule has 7 heteroatoms. The van der Waals surface area contributed by atoms with Gasteiger partial charge in [-0.3, -0.25) is 9.69 Å². The minimum atomic E-state index is -4.40. The van der Waals surface area contributed by atoms with E-state index in [0.717, 1.165) is 6.07 Å². The number of alkyl halides is 3. The van der Waals surface area contributed by atoms with Crippen LogP contribution in [0.5, 0.6) is 0 Å². The summed E-state index contributed by atoms with van der Waals surface area (Å²) in [6, 6.07) is 5.44. The molecule has 0 spiro atoms. The van der Waals surface area contributed by atoms with Gasteiger partial charge in [0, 0.05) is 39.2 Å². The van der Waals surface area contributed by atoms with Gasteiger partial charge < -0.3 is 10.4 Å². The van der Waals surface area contributed by atoms with E-state index in [0.29, 0.717) is 13.1 Å². The molecule has 1 saturated heterocycles. The van der Waals surface area contributed by atoms with Crippen molar-refractivity contribution < 1.29 is 23.1 Å². The summed E-state index contributed by atoms with van der Waals surface area (Å²) in [4.78, 5) is 13.6. The Morgan fingerprint density at radius 2 is 2.05 bits per heavy atom. The normalized spacial score (nSPS) is 22.8. The highest BCUT2D eigenvalue weighted by atomic mass is 19.4. The summed E-state index contributed by atoms with van der Waals surface area (Å²) in [5.74, 6) is -0.836. The van der Waals surface area contributed by atoms with Crippen molar-refractivity contribution in [1.82, 2.24) is 10.2 Å². The molecule has 0 aliphatic carbocycles. The second-order valence-corrected chi connectivity index (χ2v) is 5.51. The van der Waals surface area contributed by atoms with Crippen molar-refractivity contribution in [3.05, 3.63) is 35.4 Å². The number of aliphatic hydroxyl groups is 1. The Morgan fingerprint density at radius 3 is 2.64 bits per heavy atom. The number of aliphatic hydroxyl groups excluding tert-OH is 1. The quantitative estimate of drug-likeness (QED) is 0.885. The van der Waals surface area contributed by atoms with Crippen LogP contribution < -0.4 is 5.32 Å². The summed E-state index contributed by atoms with van der Waals surface area (Å²) in [5, 5.41) is 11.9. The van der Waals surface area contributed by atoms with Crippen LogP contribution in [0.2, 0.25) is 0 Å². The highest BCUT2D eigenvalue weighted by molar-refractivity contribution is 5.79. The topological polar surface area (TPSA) is 52.6 Å². The van der Waals surface area contributed by atoms with Crippen LogP contribution in [0, 0.1) is 11.8 Å². The van der Waals surface area contributed by atoms with Crippen molar-refractivity contribution in [3.8, 4) is 0 Å². The SMILES string of the molecule is CNC(=O)[C@@H]1CN(Cc2ccccc2C(F)(F)F)C[C@H]1CO. The van der Waals surface area contributed by atoms with E-state index in [4.69, 9.17) is 0 Å². The number of likely N-dealkylation sites (tertiary alicyclic amines) is 1. The largest absolute Gasteiger partial charge is 0.416 e. The Hall–Kier alpha value is -1.60. The van der Waals surface area contributed by atoms with E-state index in [2.05, 4.69) is 5.32 Å². The zero-order chi connectivity index (χ0) is 16.3. The third kappa shape index (κ3) is 3.59. The summed E-state index contributed by atoms with van der Waals surface area (Å²) in [7, 11) is 1.51. The molecule has 0 unspecified atom stereocenters. The van der Waals surface area contributed by atoms with E-state index in [1.54, 1.807) is 11.0 Å². The van der Waals surface area contributed by atoms with Crippen molar-refractivity contribution >= 4 is 5.91 Å². The maximum atomic E-state index is 13.0. The van der Waals surface area contributed by atoms with Crippen LogP contribution in [0.3, 0.4) is 0 Å². The van der Waals surface area contributed by atoms with Gasteiger partial charge in [-0.2, -0.15) is 13.2 Å². The number of benzene rings is 1. The third-order valence-corrected chi connectivity index (χ3v) is 4.05. The highest BCUT2D eigenvalue weighted by Gasteiger charge is 2.38. The van der Waals surface area contributed by atoms with Gasteiger partial charge >= 0.3 is 6.18 Å². The predicted molar refractivity (Wildman–Crippen MR) is 74.9 cm³/mol. The molecule has 1 heterocycles. The number of hydrogen-bond acceptors (Lipinski definition) is 3. The number of rotatable bonds is 4. The molecule has 0 bridgehead atoms. The smallest absolute Gasteiger partial charge is 0.396 e. The first-order valence-electron chi connectivity index (χ1n) is 7.06. The van der Waals surface area contributed by atoms with Crippen LogP contribution in [0.15, 0.2) is 24.3 Å². The molecule has 4 nitrogen and oxygen atoms in total. The van der Waals surface area contributed by atoms with Crippen LogP contribution in [0.4, 0.5) is 13.2 Å². The number of carbonyl (C=O) groups is 1. The lowest BCUT2D eigenvalue weighted by molar-refractivity contribution is -0.138.